The minimum absolute atomic E-state index is 0.124. The van der Waals surface area contributed by atoms with E-state index in [1.54, 1.807) is 11.3 Å². The molecule has 0 saturated heterocycles. The standard InChI is InChI=1S/C19H15N3OS/c1-11-7-6-10-14(20-11)17-21-18(23)16-15(12(2)24-19(16)22-17)13-8-4-3-5-9-13/h3-10H,1-2H3,(H,21,22,23). The number of fused-ring (bicyclic) bond motifs is 1. The second-order valence-corrected chi connectivity index (χ2v) is 6.86. The van der Waals surface area contributed by atoms with E-state index in [0.29, 0.717) is 16.9 Å². The van der Waals surface area contributed by atoms with Gasteiger partial charge in [0.2, 0.25) is 0 Å². The molecule has 0 aliphatic rings. The number of H-pyrrole nitrogens is 1. The van der Waals surface area contributed by atoms with Gasteiger partial charge in [-0.3, -0.25) is 4.79 Å². The Balaban J connectivity index is 1.98. The van der Waals surface area contributed by atoms with E-state index in [9.17, 15) is 4.79 Å². The number of benzene rings is 1. The third kappa shape index (κ3) is 2.43. The quantitative estimate of drug-likeness (QED) is 0.594. The third-order valence-electron chi connectivity index (χ3n) is 3.93. The highest BCUT2D eigenvalue weighted by atomic mass is 32.1. The van der Waals surface area contributed by atoms with Gasteiger partial charge in [-0.1, -0.05) is 36.4 Å². The summed E-state index contributed by atoms with van der Waals surface area (Å²) in [5, 5.41) is 0.653. The van der Waals surface area contributed by atoms with E-state index in [2.05, 4.69) is 15.0 Å². The fourth-order valence-electron chi connectivity index (χ4n) is 2.87. The first-order chi connectivity index (χ1) is 11.6. The average molecular weight is 333 g/mol. The van der Waals surface area contributed by atoms with Gasteiger partial charge in [0, 0.05) is 16.1 Å². The van der Waals surface area contributed by atoms with Gasteiger partial charge in [-0.2, -0.15) is 0 Å². The van der Waals surface area contributed by atoms with Gasteiger partial charge in [-0.15, -0.1) is 11.3 Å². The Labute approximate surface area is 142 Å². The summed E-state index contributed by atoms with van der Waals surface area (Å²) in [7, 11) is 0. The number of hydrogen-bond acceptors (Lipinski definition) is 4. The Hall–Kier alpha value is -2.79. The summed E-state index contributed by atoms with van der Waals surface area (Å²) >= 11 is 1.54. The molecular formula is C19H15N3OS. The van der Waals surface area contributed by atoms with Gasteiger partial charge in [0.05, 0.1) is 5.39 Å². The molecule has 0 bridgehead atoms. The van der Waals surface area contributed by atoms with Gasteiger partial charge in [0.1, 0.15) is 10.5 Å². The number of aromatic nitrogens is 3. The molecule has 5 heteroatoms. The van der Waals surface area contributed by atoms with Crippen LogP contribution in [0.3, 0.4) is 0 Å². The van der Waals surface area contributed by atoms with Gasteiger partial charge >= 0.3 is 0 Å². The SMILES string of the molecule is Cc1cccc(-c2nc3sc(C)c(-c4ccccc4)c3c(=O)[nH]2)n1. The lowest BCUT2D eigenvalue weighted by Gasteiger charge is -2.03. The number of rotatable bonds is 2. The first-order valence-electron chi connectivity index (χ1n) is 7.66. The van der Waals surface area contributed by atoms with Crippen LogP contribution in [0.25, 0.3) is 32.9 Å². The smallest absolute Gasteiger partial charge is 0.260 e. The second-order valence-electron chi connectivity index (χ2n) is 5.66. The summed E-state index contributed by atoms with van der Waals surface area (Å²) in [6.07, 6.45) is 0. The van der Waals surface area contributed by atoms with E-state index in [-0.39, 0.29) is 5.56 Å². The van der Waals surface area contributed by atoms with E-state index in [4.69, 9.17) is 0 Å². The fourth-order valence-corrected chi connectivity index (χ4v) is 3.91. The van der Waals surface area contributed by atoms with E-state index in [1.165, 1.54) is 0 Å². The molecule has 0 aliphatic carbocycles. The lowest BCUT2D eigenvalue weighted by Crippen LogP contribution is -2.09. The third-order valence-corrected chi connectivity index (χ3v) is 4.93. The average Bonchev–Trinajstić information content (AvgIpc) is 2.92. The van der Waals surface area contributed by atoms with Crippen molar-refractivity contribution in [2.75, 3.05) is 0 Å². The largest absolute Gasteiger partial charge is 0.305 e. The van der Waals surface area contributed by atoms with Crippen LogP contribution in [-0.2, 0) is 0 Å². The predicted octanol–water partition coefficient (Wildman–Crippen LogP) is 4.33. The Morgan fingerprint density at radius 1 is 0.958 bits per heavy atom. The molecule has 0 atom stereocenters. The normalized spacial score (nSPS) is 11.1. The molecule has 3 heterocycles. The summed E-state index contributed by atoms with van der Waals surface area (Å²) in [4.78, 5) is 26.6. The van der Waals surface area contributed by atoms with Crippen LogP contribution in [0.15, 0.2) is 53.3 Å². The molecule has 0 radical (unpaired) electrons. The van der Waals surface area contributed by atoms with Crippen LogP contribution in [0.2, 0.25) is 0 Å². The van der Waals surface area contributed by atoms with Crippen LogP contribution in [0.4, 0.5) is 0 Å². The fraction of sp³-hybridized carbons (Fsp3) is 0.105. The molecule has 24 heavy (non-hydrogen) atoms. The summed E-state index contributed by atoms with van der Waals surface area (Å²) in [5.41, 5.74) is 3.45. The van der Waals surface area contributed by atoms with Crippen LogP contribution in [0.1, 0.15) is 10.6 Å². The highest BCUT2D eigenvalue weighted by Crippen LogP contribution is 2.35. The molecule has 0 fully saturated rings. The molecule has 1 aromatic carbocycles. The van der Waals surface area contributed by atoms with Crippen LogP contribution < -0.4 is 5.56 Å². The second kappa shape index (κ2) is 5.69. The number of nitrogens with zero attached hydrogens (tertiary/aromatic N) is 2. The van der Waals surface area contributed by atoms with Crippen LogP contribution >= 0.6 is 11.3 Å². The Morgan fingerprint density at radius 2 is 1.75 bits per heavy atom. The van der Waals surface area contributed by atoms with Gasteiger partial charge in [-0.05, 0) is 31.5 Å². The minimum atomic E-state index is -0.124. The highest BCUT2D eigenvalue weighted by Gasteiger charge is 2.17. The van der Waals surface area contributed by atoms with E-state index < -0.39 is 0 Å². The maximum Gasteiger partial charge on any atom is 0.260 e. The van der Waals surface area contributed by atoms with Crippen molar-refractivity contribution in [2.24, 2.45) is 0 Å². The molecule has 0 amide bonds. The van der Waals surface area contributed by atoms with Crippen molar-refractivity contribution in [2.45, 2.75) is 13.8 Å². The molecule has 0 spiro atoms. The summed E-state index contributed by atoms with van der Waals surface area (Å²) in [5.74, 6) is 0.511. The van der Waals surface area contributed by atoms with Crippen LogP contribution in [0, 0.1) is 13.8 Å². The van der Waals surface area contributed by atoms with Gasteiger partial charge in [0.25, 0.3) is 5.56 Å². The zero-order valence-electron chi connectivity index (χ0n) is 13.3. The van der Waals surface area contributed by atoms with Crippen molar-refractivity contribution >= 4 is 21.6 Å². The first kappa shape index (κ1) is 14.8. The van der Waals surface area contributed by atoms with Crippen molar-refractivity contribution < 1.29 is 0 Å². The van der Waals surface area contributed by atoms with Crippen LogP contribution in [0.5, 0.6) is 0 Å². The number of aromatic amines is 1. The number of nitrogens with one attached hydrogen (secondary N) is 1. The van der Waals surface area contributed by atoms with E-state index in [0.717, 1.165) is 26.5 Å². The van der Waals surface area contributed by atoms with Gasteiger partial charge < -0.3 is 4.98 Å². The maximum atomic E-state index is 12.7. The molecule has 0 saturated carbocycles. The van der Waals surface area contributed by atoms with Crippen LogP contribution in [-0.4, -0.2) is 15.0 Å². The molecule has 3 aromatic heterocycles. The van der Waals surface area contributed by atoms with Crippen molar-refractivity contribution in [3.63, 3.8) is 0 Å². The lowest BCUT2D eigenvalue weighted by atomic mass is 10.0. The summed E-state index contributed by atoms with van der Waals surface area (Å²) < 4.78 is 0. The summed E-state index contributed by atoms with van der Waals surface area (Å²) in [6, 6.07) is 15.6. The monoisotopic (exact) mass is 333 g/mol. The van der Waals surface area contributed by atoms with Crippen molar-refractivity contribution in [3.8, 4) is 22.6 Å². The van der Waals surface area contributed by atoms with Crippen molar-refractivity contribution in [1.29, 1.82) is 0 Å². The van der Waals surface area contributed by atoms with Crippen molar-refractivity contribution in [3.05, 3.63) is 69.5 Å². The van der Waals surface area contributed by atoms with E-state index in [1.807, 2.05) is 62.4 Å². The molecule has 1 N–H and O–H groups in total. The van der Waals surface area contributed by atoms with Crippen molar-refractivity contribution in [1.82, 2.24) is 15.0 Å². The molecule has 4 nitrogen and oxygen atoms in total. The number of aryl methyl sites for hydroxylation is 2. The molecule has 0 unspecified atom stereocenters. The zero-order valence-corrected chi connectivity index (χ0v) is 14.1. The molecule has 0 aliphatic heterocycles. The molecule has 4 aromatic rings. The molecular weight excluding hydrogens is 318 g/mol. The highest BCUT2D eigenvalue weighted by molar-refractivity contribution is 7.19. The number of thiophene rings is 1. The lowest BCUT2D eigenvalue weighted by molar-refractivity contribution is 1.12. The maximum absolute atomic E-state index is 12.7. The number of pyridine rings is 1. The molecule has 4 rings (SSSR count). The van der Waals surface area contributed by atoms with E-state index >= 15 is 0 Å². The zero-order chi connectivity index (χ0) is 16.7. The summed E-state index contributed by atoms with van der Waals surface area (Å²) in [6.45, 7) is 3.95. The topological polar surface area (TPSA) is 58.6 Å². The minimum Gasteiger partial charge on any atom is -0.305 e. The Bertz CT molecular complexity index is 1100. The van der Waals surface area contributed by atoms with Gasteiger partial charge in [0.15, 0.2) is 5.82 Å². The number of hydrogen-bond donors (Lipinski definition) is 1. The Kier molecular flexibility index (Phi) is 3.50. The first-order valence-corrected chi connectivity index (χ1v) is 8.48. The van der Waals surface area contributed by atoms with Gasteiger partial charge in [-0.25, -0.2) is 9.97 Å². The molecule has 118 valence electrons. The predicted molar refractivity (Wildman–Crippen MR) is 98.4 cm³/mol. The Morgan fingerprint density at radius 3 is 2.50 bits per heavy atom.